The van der Waals surface area contributed by atoms with Gasteiger partial charge in [0.15, 0.2) is 0 Å². The van der Waals surface area contributed by atoms with Crippen molar-refractivity contribution in [2.75, 3.05) is 6.54 Å². The normalized spacial score (nSPS) is 10.0. The Morgan fingerprint density at radius 2 is 1.24 bits per heavy atom. The summed E-state index contributed by atoms with van der Waals surface area (Å²) < 4.78 is 0. The first-order chi connectivity index (χ1) is 9.81. The number of primary amides is 2. The maximum absolute atomic E-state index is 10.1. The van der Waals surface area contributed by atoms with Gasteiger partial charge in [-0.05, 0) is 6.42 Å². The van der Waals surface area contributed by atoms with E-state index in [0.717, 1.165) is 0 Å². The maximum atomic E-state index is 10.1. The number of hydrogen-bond donors (Lipinski definition) is 5. The van der Waals surface area contributed by atoms with Gasteiger partial charge in [0.1, 0.15) is 6.04 Å². The van der Waals surface area contributed by atoms with Crippen molar-refractivity contribution in [1.82, 2.24) is 0 Å². The van der Waals surface area contributed by atoms with Crippen LogP contribution in [0.5, 0.6) is 0 Å². The third-order valence-electron chi connectivity index (χ3n) is 1.89. The molecular formula is C13H22N4O4. The van der Waals surface area contributed by atoms with Crippen LogP contribution in [-0.2, 0) is 14.4 Å². The lowest BCUT2D eigenvalue weighted by atomic mass is 10.2. The van der Waals surface area contributed by atoms with Crippen LogP contribution in [0, 0.1) is 0 Å². The van der Waals surface area contributed by atoms with Crippen LogP contribution in [0.3, 0.4) is 0 Å². The number of carbonyl (C=O) groups is 3. The molecule has 0 bridgehead atoms. The first-order valence-corrected chi connectivity index (χ1v) is 6.06. The fourth-order valence-corrected chi connectivity index (χ4v) is 0.806. The Hall–Kier alpha value is -2.45. The molecule has 8 nitrogen and oxygen atoms in total. The summed E-state index contributed by atoms with van der Waals surface area (Å²) >= 11 is 0. The highest BCUT2D eigenvalue weighted by Crippen LogP contribution is 1.92. The summed E-state index contributed by atoms with van der Waals surface area (Å²) in [5.74, 6) is -2.11. The quantitative estimate of drug-likeness (QED) is 0.455. The molecule has 0 aliphatic carbocycles. The molecule has 1 aromatic carbocycles. The summed E-state index contributed by atoms with van der Waals surface area (Å²) in [4.78, 5) is 29.6. The molecule has 0 aliphatic rings. The van der Waals surface area contributed by atoms with Crippen LogP contribution in [0.4, 0.5) is 0 Å². The van der Waals surface area contributed by atoms with Crippen molar-refractivity contribution in [3.63, 3.8) is 0 Å². The molecule has 0 radical (unpaired) electrons. The molecule has 0 fully saturated rings. The smallest absolute Gasteiger partial charge is 0.320 e. The van der Waals surface area contributed by atoms with Gasteiger partial charge < -0.3 is 28.0 Å². The second kappa shape index (κ2) is 14.0. The summed E-state index contributed by atoms with van der Waals surface area (Å²) in [6.07, 6.45) is 0.123. The van der Waals surface area contributed by atoms with Gasteiger partial charge >= 0.3 is 5.97 Å². The summed E-state index contributed by atoms with van der Waals surface area (Å²) in [5, 5.41) is 8.22. The van der Waals surface area contributed by atoms with Gasteiger partial charge in [0, 0.05) is 6.42 Å². The fourth-order valence-electron chi connectivity index (χ4n) is 0.806. The number of carboxylic acids is 1. The SMILES string of the molecule is NC(=O)CCC(N)C(=O)O.NCC(N)=O.c1ccccc1. The Labute approximate surface area is 123 Å². The van der Waals surface area contributed by atoms with Crippen molar-refractivity contribution >= 4 is 17.8 Å². The van der Waals surface area contributed by atoms with Crippen LogP contribution in [0.25, 0.3) is 0 Å². The monoisotopic (exact) mass is 298 g/mol. The Bertz CT molecular complexity index is 385. The van der Waals surface area contributed by atoms with Gasteiger partial charge in [-0.2, -0.15) is 0 Å². The van der Waals surface area contributed by atoms with Gasteiger partial charge in [-0.3, -0.25) is 14.4 Å². The Kier molecular flexibility index (Phi) is 13.9. The first kappa shape index (κ1) is 20.9. The highest BCUT2D eigenvalue weighted by molar-refractivity contribution is 5.77. The average molecular weight is 298 g/mol. The molecule has 1 atom stereocenters. The van der Waals surface area contributed by atoms with Gasteiger partial charge in [0.05, 0.1) is 6.54 Å². The zero-order valence-electron chi connectivity index (χ0n) is 11.6. The number of rotatable bonds is 5. The van der Waals surface area contributed by atoms with Crippen molar-refractivity contribution in [3.8, 4) is 0 Å². The number of carboxylic acid groups (broad SMARTS) is 1. The molecule has 118 valence electrons. The molecule has 1 unspecified atom stereocenters. The summed E-state index contributed by atoms with van der Waals surface area (Å²) in [5.41, 5.74) is 19.0. The van der Waals surface area contributed by atoms with E-state index in [2.05, 4.69) is 5.73 Å². The molecule has 0 saturated carbocycles. The Morgan fingerprint density at radius 1 is 0.905 bits per heavy atom. The molecule has 1 rings (SSSR count). The zero-order chi connectivity index (χ0) is 16.7. The second-order valence-electron chi connectivity index (χ2n) is 3.77. The highest BCUT2D eigenvalue weighted by Gasteiger charge is 2.11. The molecule has 2 amide bonds. The van der Waals surface area contributed by atoms with Gasteiger partial charge in [0.25, 0.3) is 0 Å². The third-order valence-corrected chi connectivity index (χ3v) is 1.89. The van der Waals surface area contributed by atoms with E-state index in [0.29, 0.717) is 0 Å². The molecule has 9 N–H and O–H groups in total. The van der Waals surface area contributed by atoms with Crippen LogP contribution in [0.1, 0.15) is 12.8 Å². The highest BCUT2D eigenvalue weighted by atomic mass is 16.4. The van der Waals surface area contributed by atoms with Crippen LogP contribution in [0.15, 0.2) is 36.4 Å². The maximum Gasteiger partial charge on any atom is 0.320 e. The van der Waals surface area contributed by atoms with Crippen LogP contribution in [-0.4, -0.2) is 35.5 Å². The molecule has 0 aliphatic heterocycles. The van der Waals surface area contributed by atoms with E-state index < -0.39 is 23.8 Å². The fraction of sp³-hybridized carbons (Fsp3) is 0.308. The molecule has 0 spiro atoms. The van der Waals surface area contributed by atoms with Crippen LogP contribution < -0.4 is 22.9 Å². The second-order valence-corrected chi connectivity index (χ2v) is 3.77. The van der Waals surface area contributed by atoms with Gasteiger partial charge in [-0.15, -0.1) is 0 Å². The van der Waals surface area contributed by atoms with Crippen LogP contribution >= 0.6 is 0 Å². The standard InChI is InChI=1S/C6H6.C5H10N2O3.C2H6N2O/c1-2-4-6-5-3-1;6-3(5(9)10)1-2-4(7)8;3-1-2(4)5/h1-6H;3H,1-2,6H2,(H2,7,8)(H,9,10);1,3H2,(H2,4,5). The van der Waals surface area contributed by atoms with Crippen molar-refractivity contribution in [3.05, 3.63) is 36.4 Å². The lowest BCUT2D eigenvalue weighted by molar-refractivity contribution is -0.138. The number of hydrogen-bond acceptors (Lipinski definition) is 5. The van der Waals surface area contributed by atoms with E-state index in [1.54, 1.807) is 0 Å². The molecule has 8 heteroatoms. The van der Waals surface area contributed by atoms with E-state index in [1.807, 2.05) is 36.4 Å². The summed E-state index contributed by atoms with van der Waals surface area (Å²) in [6, 6.07) is 11.0. The molecule has 0 saturated heterocycles. The van der Waals surface area contributed by atoms with Crippen molar-refractivity contribution in [2.24, 2.45) is 22.9 Å². The molecular weight excluding hydrogens is 276 g/mol. The average Bonchev–Trinajstić information content (AvgIpc) is 2.47. The largest absolute Gasteiger partial charge is 0.480 e. The third kappa shape index (κ3) is 20.0. The number of aliphatic carboxylic acids is 1. The van der Waals surface area contributed by atoms with Crippen LogP contribution in [0.2, 0.25) is 0 Å². The molecule has 0 aromatic heterocycles. The van der Waals surface area contributed by atoms with E-state index in [1.165, 1.54) is 0 Å². The van der Waals surface area contributed by atoms with E-state index in [4.69, 9.17) is 22.3 Å². The van der Waals surface area contributed by atoms with Crippen molar-refractivity contribution in [1.29, 1.82) is 0 Å². The Morgan fingerprint density at radius 3 is 1.43 bits per heavy atom. The number of carbonyl (C=O) groups excluding carboxylic acids is 2. The lowest BCUT2D eigenvalue weighted by Crippen LogP contribution is -2.31. The van der Waals surface area contributed by atoms with E-state index >= 15 is 0 Å². The molecule has 0 heterocycles. The predicted octanol–water partition coefficient (Wildman–Crippen LogP) is -1.22. The minimum atomic E-state index is -1.11. The molecule has 1 aromatic rings. The zero-order valence-corrected chi connectivity index (χ0v) is 11.6. The number of benzene rings is 1. The van der Waals surface area contributed by atoms with Crippen molar-refractivity contribution < 1.29 is 19.5 Å². The van der Waals surface area contributed by atoms with Gasteiger partial charge in [-0.1, -0.05) is 36.4 Å². The van der Waals surface area contributed by atoms with Gasteiger partial charge in [0.2, 0.25) is 11.8 Å². The molecule has 21 heavy (non-hydrogen) atoms. The van der Waals surface area contributed by atoms with E-state index in [-0.39, 0.29) is 19.4 Å². The first-order valence-electron chi connectivity index (χ1n) is 6.06. The summed E-state index contributed by atoms with van der Waals surface area (Å²) in [6.45, 7) is -0.0556. The predicted molar refractivity (Wildman–Crippen MR) is 78.7 cm³/mol. The van der Waals surface area contributed by atoms with E-state index in [9.17, 15) is 14.4 Å². The minimum absolute atomic E-state index is 0.0213. The van der Waals surface area contributed by atoms with Crippen molar-refractivity contribution in [2.45, 2.75) is 18.9 Å². The minimum Gasteiger partial charge on any atom is -0.480 e. The Balaban J connectivity index is 0. The number of amides is 2. The summed E-state index contributed by atoms with van der Waals surface area (Å²) in [7, 11) is 0. The topological polar surface area (TPSA) is 176 Å². The van der Waals surface area contributed by atoms with Gasteiger partial charge in [-0.25, -0.2) is 0 Å². The number of nitrogens with two attached hydrogens (primary N) is 4. The lowest BCUT2D eigenvalue weighted by Gasteiger charge is -2.01.